The molecule has 0 bridgehead atoms. The van der Waals surface area contributed by atoms with E-state index in [0.29, 0.717) is 21.3 Å². The van der Waals surface area contributed by atoms with Crippen molar-refractivity contribution in [3.63, 3.8) is 0 Å². The van der Waals surface area contributed by atoms with Crippen LogP contribution < -0.4 is 11.2 Å². The van der Waals surface area contributed by atoms with Crippen LogP contribution in [0.15, 0.2) is 82.4 Å². The van der Waals surface area contributed by atoms with Crippen molar-refractivity contribution in [2.24, 2.45) is 0 Å². The summed E-state index contributed by atoms with van der Waals surface area (Å²) in [6.07, 6.45) is 0. The lowest BCUT2D eigenvalue weighted by molar-refractivity contribution is 0.0773. The zero-order valence-electron chi connectivity index (χ0n) is 19.1. The highest BCUT2D eigenvalue weighted by molar-refractivity contribution is 6.31. The number of benzene rings is 3. The molecule has 178 valence electrons. The Hall–Kier alpha value is -3.68. The molecule has 9 heteroatoms. The molecule has 35 heavy (non-hydrogen) atoms. The Labute approximate surface area is 211 Å². The Kier molecular flexibility index (Phi) is 7.19. The molecule has 4 aromatic rings. The molecule has 0 aliphatic heterocycles. The van der Waals surface area contributed by atoms with Crippen LogP contribution in [-0.2, 0) is 13.1 Å². The van der Waals surface area contributed by atoms with E-state index in [9.17, 15) is 14.4 Å². The van der Waals surface area contributed by atoms with Gasteiger partial charge in [-0.1, -0.05) is 77.8 Å². The number of aryl methyl sites for hydroxylation is 1. The van der Waals surface area contributed by atoms with Crippen LogP contribution in [0.1, 0.15) is 27.2 Å². The molecule has 0 fully saturated rings. The summed E-state index contributed by atoms with van der Waals surface area (Å²) in [6.45, 7) is 1.97. The molecule has 1 amide bonds. The van der Waals surface area contributed by atoms with Crippen molar-refractivity contribution < 1.29 is 4.79 Å². The van der Waals surface area contributed by atoms with E-state index >= 15 is 0 Å². The molecule has 3 aromatic carbocycles. The van der Waals surface area contributed by atoms with Crippen LogP contribution in [0.3, 0.4) is 0 Å². The average molecular weight is 509 g/mol. The molecule has 0 radical (unpaired) electrons. The minimum Gasteiger partial charge on any atom is -0.336 e. The molecule has 0 aliphatic carbocycles. The van der Waals surface area contributed by atoms with E-state index < -0.39 is 17.2 Å². The van der Waals surface area contributed by atoms with Gasteiger partial charge in [0.25, 0.3) is 11.5 Å². The summed E-state index contributed by atoms with van der Waals surface area (Å²) in [4.78, 5) is 41.5. The number of hydrogen-bond donors (Lipinski definition) is 0. The van der Waals surface area contributed by atoms with Gasteiger partial charge in [0, 0.05) is 23.6 Å². The third-order valence-electron chi connectivity index (χ3n) is 5.56. The van der Waals surface area contributed by atoms with Gasteiger partial charge >= 0.3 is 5.69 Å². The van der Waals surface area contributed by atoms with Crippen LogP contribution in [-0.4, -0.2) is 32.2 Å². The van der Waals surface area contributed by atoms with E-state index in [1.807, 2.05) is 37.3 Å². The van der Waals surface area contributed by atoms with Crippen LogP contribution >= 0.6 is 23.2 Å². The first-order valence-corrected chi connectivity index (χ1v) is 11.6. The predicted octanol–water partition coefficient (Wildman–Crippen LogP) is 4.33. The highest BCUT2D eigenvalue weighted by Gasteiger charge is 2.24. The second-order valence-electron chi connectivity index (χ2n) is 8.11. The number of aromatic nitrogens is 3. The molecule has 1 aromatic heterocycles. The van der Waals surface area contributed by atoms with Gasteiger partial charge in [-0.25, -0.2) is 4.79 Å². The third kappa shape index (κ3) is 5.21. The lowest BCUT2D eigenvalue weighted by Gasteiger charge is -2.18. The van der Waals surface area contributed by atoms with Crippen molar-refractivity contribution in [3.05, 3.63) is 126 Å². The summed E-state index contributed by atoms with van der Waals surface area (Å²) in [6, 6.07) is 21.2. The van der Waals surface area contributed by atoms with Crippen LogP contribution in [0.4, 0.5) is 0 Å². The van der Waals surface area contributed by atoms with Crippen LogP contribution in [0.2, 0.25) is 10.0 Å². The van der Waals surface area contributed by atoms with Crippen molar-refractivity contribution >= 4 is 29.1 Å². The van der Waals surface area contributed by atoms with Crippen molar-refractivity contribution in [3.8, 4) is 5.69 Å². The van der Waals surface area contributed by atoms with Crippen LogP contribution in [0.25, 0.3) is 5.69 Å². The van der Waals surface area contributed by atoms with Gasteiger partial charge in [0.2, 0.25) is 5.69 Å². The zero-order chi connectivity index (χ0) is 25.1. The van der Waals surface area contributed by atoms with Gasteiger partial charge in [-0.3, -0.25) is 14.2 Å². The lowest BCUT2D eigenvalue weighted by Crippen LogP contribution is -2.46. The Balaban J connectivity index is 1.86. The van der Waals surface area contributed by atoms with Gasteiger partial charge in [0.1, 0.15) is 0 Å². The number of carbonyl (C=O) groups is 1. The van der Waals surface area contributed by atoms with Crippen molar-refractivity contribution in [2.45, 2.75) is 20.0 Å². The highest BCUT2D eigenvalue weighted by Crippen LogP contribution is 2.19. The second-order valence-corrected chi connectivity index (χ2v) is 8.92. The summed E-state index contributed by atoms with van der Waals surface area (Å²) >= 11 is 12.6. The fourth-order valence-electron chi connectivity index (χ4n) is 3.58. The Morgan fingerprint density at radius 1 is 0.943 bits per heavy atom. The minimum atomic E-state index is -0.797. The normalized spacial score (nSPS) is 10.9. The molecule has 4 rings (SSSR count). The lowest BCUT2D eigenvalue weighted by atomic mass is 10.2. The highest BCUT2D eigenvalue weighted by atomic mass is 35.5. The Morgan fingerprint density at radius 3 is 2.31 bits per heavy atom. The molecule has 0 unspecified atom stereocenters. The van der Waals surface area contributed by atoms with Crippen molar-refractivity contribution in [2.75, 3.05) is 7.05 Å². The maximum atomic E-state index is 13.4. The van der Waals surface area contributed by atoms with Crippen LogP contribution in [0, 0.1) is 6.92 Å². The maximum absolute atomic E-state index is 13.4. The molecule has 1 heterocycles. The number of halogens is 2. The predicted molar refractivity (Wildman–Crippen MR) is 137 cm³/mol. The van der Waals surface area contributed by atoms with Gasteiger partial charge in [0.15, 0.2) is 0 Å². The summed E-state index contributed by atoms with van der Waals surface area (Å²) in [5, 5.41) is 5.01. The van der Waals surface area contributed by atoms with E-state index in [1.54, 1.807) is 49.5 Å². The van der Waals surface area contributed by atoms with E-state index in [-0.39, 0.29) is 18.8 Å². The molecular weight excluding hydrogens is 487 g/mol. The fraction of sp³-hybridized carbons (Fsp3) is 0.154. The first-order chi connectivity index (χ1) is 16.8. The Morgan fingerprint density at radius 2 is 1.63 bits per heavy atom. The largest absolute Gasteiger partial charge is 0.352 e. The monoisotopic (exact) mass is 508 g/mol. The van der Waals surface area contributed by atoms with E-state index in [1.165, 1.54) is 4.90 Å². The van der Waals surface area contributed by atoms with Gasteiger partial charge in [0.05, 0.1) is 12.2 Å². The molecule has 0 N–H and O–H groups in total. The number of rotatable bonds is 6. The standard InChI is InChI=1S/C26H22Cl2N4O3/c1-17-12-13-20(14-22(17)28)32-26(35)31(16-19-10-6-7-11-21(19)27)25(34)23(29-32)24(33)30(2)15-18-8-4-3-5-9-18/h3-14H,15-16H2,1-2H3. The van der Waals surface area contributed by atoms with E-state index in [0.717, 1.165) is 20.4 Å². The van der Waals surface area contributed by atoms with Gasteiger partial charge in [-0.15, -0.1) is 0 Å². The molecular formula is C26H22Cl2N4O3. The number of carbonyl (C=O) groups excluding carboxylic acids is 1. The molecule has 0 atom stereocenters. The van der Waals surface area contributed by atoms with Crippen LogP contribution in [0.5, 0.6) is 0 Å². The second kappa shape index (κ2) is 10.3. The van der Waals surface area contributed by atoms with Gasteiger partial charge < -0.3 is 4.90 Å². The topological polar surface area (TPSA) is 77.2 Å². The summed E-state index contributed by atoms with van der Waals surface area (Å²) in [5.74, 6) is -0.612. The summed E-state index contributed by atoms with van der Waals surface area (Å²) in [7, 11) is 1.58. The minimum absolute atomic E-state index is 0.123. The molecule has 0 saturated carbocycles. The smallest absolute Gasteiger partial charge is 0.336 e. The number of hydrogen-bond acceptors (Lipinski definition) is 4. The zero-order valence-corrected chi connectivity index (χ0v) is 20.6. The van der Waals surface area contributed by atoms with Gasteiger partial charge in [-0.2, -0.15) is 9.78 Å². The number of nitrogens with zero attached hydrogens (tertiary/aromatic N) is 4. The number of amides is 1. The quantitative estimate of drug-likeness (QED) is 0.388. The maximum Gasteiger partial charge on any atom is 0.352 e. The first-order valence-electron chi connectivity index (χ1n) is 10.8. The SMILES string of the molecule is Cc1ccc(-n2nc(C(=O)N(C)Cc3ccccc3)c(=O)n(Cc3ccccc3Cl)c2=O)cc1Cl. The van der Waals surface area contributed by atoms with Crippen molar-refractivity contribution in [1.82, 2.24) is 19.2 Å². The molecule has 7 nitrogen and oxygen atoms in total. The third-order valence-corrected chi connectivity index (χ3v) is 6.33. The van der Waals surface area contributed by atoms with E-state index in [2.05, 4.69) is 5.10 Å². The molecule has 0 spiro atoms. The molecule has 0 aliphatic rings. The van der Waals surface area contributed by atoms with Crippen molar-refractivity contribution in [1.29, 1.82) is 0 Å². The van der Waals surface area contributed by atoms with Gasteiger partial charge in [-0.05, 0) is 41.8 Å². The average Bonchev–Trinajstić information content (AvgIpc) is 2.85. The summed E-state index contributed by atoms with van der Waals surface area (Å²) < 4.78 is 1.98. The fourth-order valence-corrected chi connectivity index (χ4v) is 3.95. The Bertz CT molecular complexity index is 1510. The first kappa shape index (κ1) is 24.4. The summed E-state index contributed by atoms with van der Waals surface area (Å²) in [5.41, 5.74) is 0.700. The molecule has 0 saturated heterocycles. The van der Waals surface area contributed by atoms with E-state index in [4.69, 9.17) is 23.2 Å².